The minimum atomic E-state index is -1.79. The van der Waals surface area contributed by atoms with Gasteiger partial charge in [-0.2, -0.15) is 0 Å². The number of allylic oxidation sites excluding steroid dienone is 9. The fourth-order valence-electron chi connectivity index (χ4n) is 9.26. The van der Waals surface area contributed by atoms with Crippen molar-refractivity contribution in [3.05, 3.63) is 60.8 Å². The van der Waals surface area contributed by atoms with E-state index in [4.69, 9.17) is 18.9 Å². The third kappa shape index (κ3) is 30.9. The van der Waals surface area contributed by atoms with Crippen LogP contribution in [-0.4, -0.2) is 140 Å². The van der Waals surface area contributed by atoms with Crippen LogP contribution in [0.4, 0.5) is 0 Å². The summed E-state index contributed by atoms with van der Waals surface area (Å²) in [4.78, 5) is 13.2. The number of hydrogen-bond acceptors (Lipinski definition) is 13. The summed E-state index contributed by atoms with van der Waals surface area (Å²) >= 11 is 0. The van der Waals surface area contributed by atoms with Crippen LogP contribution in [0, 0.1) is 0 Å². The van der Waals surface area contributed by atoms with E-state index in [2.05, 4.69) is 67.8 Å². The number of aliphatic hydroxyl groups is 8. The number of carbonyl (C=O) groups is 1. The van der Waals surface area contributed by atoms with Crippen LogP contribution in [0.2, 0.25) is 0 Å². The Morgan fingerprint density at radius 3 is 1.51 bits per heavy atom. The molecule has 2 aliphatic rings. The lowest BCUT2D eigenvalue weighted by Crippen LogP contribution is -2.65. The number of ether oxygens (including phenoxy) is 4. The van der Waals surface area contributed by atoms with Crippen molar-refractivity contribution in [2.75, 3.05) is 19.8 Å². The number of carbonyl (C=O) groups excluding carboxylic acids is 1. The number of amides is 1. The molecule has 14 nitrogen and oxygen atoms in total. The topological polar surface area (TPSA) is 228 Å². The van der Waals surface area contributed by atoms with Gasteiger partial charge in [0, 0.05) is 6.42 Å². The molecule has 0 aromatic carbocycles. The third-order valence-corrected chi connectivity index (χ3v) is 13.9. The second-order valence-corrected chi connectivity index (χ2v) is 20.4. The molecule has 12 unspecified atom stereocenters. The van der Waals surface area contributed by atoms with Gasteiger partial charge in [0.2, 0.25) is 5.91 Å². The fraction of sp³-hybridized carbons (Fsp3) is 0.814. The maximum Gasteiger partial charge on any atom is 0.220 e. The first-order valence-corrected chi connectivity index (χ1v) is 29.0. The summed E-state index contributed by atoms with van der Waals surface area (Å²) in [5.74, 6) is -0.267. The van der Waals surface area contributed by atoms with Gasteiger partial charge < -0.3 is 65.1 Å². The van der Waals surface area contributed by atoms with Gasteiger partial charge in [-0.1, -0.05) is 203 Å². The average molecular weight is 1040 g/mol. The quantitative estimate of drug-likeness (QED) is 0.0205. The summed E-state index contributed by atoms with van der Waals surface area (Å²) in [5, 5.41) is 87.0. The van der Waals surface area contributed by atoms with Gasteiger partial charge in [0.15, 0.2) is 12.6 Å². The Labute approximate surface area is 441 Å². The minimum Gasteiger partial charge on any atom is -0.394 e. The van der Waals surface area contributed by atoms with Crippen LogP contribution in [0.25, 0.3) is 0 Å². The molecule has 9 N–H and O–H groups in total. The molecule has 0 bridgehead atoms. The molecule has 2 aliphatic heterocycles. The van der Waals surface area contributed by atoms with Gasteiger partial charge in [0.1, 0.15) is 48.8 Å². The highest BCUT2D eigenvalue weighted by Gasteiger charge is 2.51. The maximum absolute atomic E-state index is 13.2. The minimum absolute atomic E-state index is 0.252. The van der Waals surface area contributed by atoms with E-state index in [0.29, 0.717) is 12.8 Å². The third-order valence-electron chi connectivity index (χ3n) is 13.9. The van der Waals surface area contributed by atoms with E-state index in [-0.39, 0.29) is 18.9 Å². The van der Waals surface area contributed by atoms with Crippen LogP contribution >= 0.6 is 0 Å². The monoisotopic (exact) mass is 1040 g/mol. The molecule has 73 heavy (non-hydrogen) atoms. The smallest absolute Gasteiger partial charge is 0.220 e. The van der Waals surface area contributed by atoms with Crippen LogP contribution < -0.4 is 5.32 Å². The van der Waals surface area contributed by atoms with Crippen LogP contribution in [0.15, 0.2) is 60.8 Å². The Kier molecular flexibility index (Phi) is 41.0. The second-order valence-electron chi connectivity index (χ2n) is 20.4. The Hall–Kier alpha value is -2.31. The summed E-state index contributed by atoms with van der Waals surface area (Å²) in [5.41, 5.74) is 0. The second kappa shape index (κ2) is 44.8. The highest BCUT2D eigenvalue weighted by atomic mass is 16.7. The maximum atomic E-state index is 13.2. The van der Waals surface area contributed by atoms with Crippen molar-refractivity contribution >= 4 is 5.91 Å². The molecule has 0 spiro atoms. The molecule has 0 saturated carbocycles. The molecule has 2 heterocycles. The van der Waals surface area contributed by atoms with Gasteiger partial charge in [-0.15, -0.1) is 0 Å². The van der Waals surface area contributed by atoms with Gasteiger partial charge in [0.05, 0.1) is 32.0 Å². The van der Waals surface area contributed by atoms with Crippen LogP contribution in [0.5, 0.6) is 0 Å². The van der Waals surface area contributed by atoms with Crippen molar-refractivity contribution in [1.29, 1.82) is 0 Å². The Morgan fingerprint density at radius 2 is 0.959 bits per heavy atom. The average Bonchev–Trinajstić information content (AvgIpc) is 3.39. The van der Waals surface area contributed by atoms with Crippen molar-refractivity contribution < 1.29 is 64.6 Å². The van der Waals surface area contributed by atoms with Crippen LogP contribution in [-0.2, 0) is 23.7 Å². The summed E-state index contributed by atoms with van der Waals surface area (Å²) in [7, 11) is 0. The first-order valence-electron chi connectivity index (χ1n) is 29.0. The van der Waals surface area contributed by atoms with Gasteiger partial charge in [0.25, 0.3) is 0 Å². The van der Waals surface area contributed by atoms with Crippen molar-refractivity contribution in [3.8, 4) is 0 Å². The highest BCUT2D eigenvalue weighted by molar-refractivity contribution is 5.76. The number of rotatable bonds is 45. The zero-order valence-corrected chi connectivity index (χ0v) is 45.4. The van der Waals surface area contributed by atoms with E-state index in [1.165, 1.54) is 116 Å². The molecule has 14 heteroatoms. The molecule has 2 rings (SSSR count). The Bertz CT molecular complexity index is 1450. The zero-order chi connectivity index (χ0) is 53.2. The molecular weight excluding hydrogens is 931 g/mol. The lowest BCUT2D eigenvalue weighted by atomic mass is 9.97. The van der Waals surface area contributed by atoms with E-state index >= 15 is 0 Å². The summed E-state index contributed by atoms with van der Waals surface area (Å²) in [6, 6.07) is -0.943. The molecule has 1 amide bonds. The molecular formula is C59H105NO13. The van der Waals surface area contributed by atoms with Gasteiger partial charge >= 0.3 is 0 Å². The Balaban J connectivity index is 1.79. The normalized spacial score (nSPS) is 25.8. The zero-order valence-electron chi connectivity index (χ0n) is 45.4. The molecule has 12 atom stereocenters. The van der Waals surface area contributed by atoms with Gasteiger partial charge in [-0.05, 0) is 64.2 Å². The summed E-state index contributed by atoms with van der Waals surface area (Å²) in [6.07, 6.45) is 39.8. The molecule has 0 aromatic heterocycles. The number of unbranched alkanes of at least 4 members (excludes halogenated alkanes) is 24. The summed E-state index contributed by atoms with van der Waals surface area (Å²) < 4.78 is 22.7. The fourth-order valence-corrected chi connectivity index (χ4v) is 9.26. The molecule has 0 radical (unpaired) electrons. The molecule has 2 saturated heterocycles. The largest absolute Gasteiger partial charge is 0.394 e. The lowest BCUT2D eigenvalue weighted by Gasteiger charge is -2.46. The predicted octanol–water partition coefficient (Wildman–Crippen LogP) is 9.39. The van der Waals surface area contributed by atoms with Crippen molar-refractivity contribution in [2.24, 2.45) is 0 Å². The number of hydrogen-bond donors (Lipinski definition) is 9. The number of aliphatic hydroxyl groups excluding tert-OH is 8. The SMILES string of the molecule is CC/C=C\C/C=C\C/C=C\CCCCCCCC(=O)NC(COC1OC(CO)C(OC2OC(CO)C(O)C(O)C2O)C(O)C1O)C(O)/C=C/CC/C=C/CCCCCCCCCCCCCCCCCCCC. The van der Waals surface area contributed by atoms with E-state index in [1.54, 1.807) is 6.08 Å². The molecule has 424 valence electrons. The first-order chi connectivity index (χ1) is 35.6. The van der Waals surface area contributed by atoms with Crippen LogP contribution in [0.3, 0.4) is 0 Å². The van der Waals surface area contributed by atoms with Gasteiger partial charge in [-0.3, -0.25) is 4.79 Å². The lowest BCUT2D eigenvalue weighted by molar-refractivity contribution is -0.359. The molecule has 0 aromatic rings. The van der Waals surface area contributed by atoms with E-state index < -0.39 is 86.8 Å². The van der Waals surface area contributed by atoms with E-state index in [1.807, 2.05) is 6.08 Å². The summed E-state index contributed by atoms with van der Waals surface area (Å²) in [6.45, 7) is 2.65. The highest BCUT2D eigenvalue weighted by Crippen LogP contribution is 2.30. The molecule has 2 fully saturated rings. The standard InChI is InChI=1S/C59H105NO13/c1-3-5-7-9-11-13-15-17-19-20-21-22-23-24-25-26-27-29-30-32-34-36-38-40-42-48(63)47(60-51(64)43-41-39-37-35-33-31-28-18-16-14-12-10-8-6-4-2)46-70-58-56(69)54(67)57(50(45-62)72-58)73-59-55(68)53(66)52(65)49(44-61)71-59/h6,8,12,14,18,28,32,34,40,42,47-50,52-59,61-63,65-69H,3-5,7,9-11,13,15-17,19-27,29-31,33,35-39,41,43-46H2,1-2H3,(H,60,64)/b8-6-,14-12-,28-18-,34-32+,42-40+. The van der Waals surface area contributed by atoms with Crippen molar-refractivity contribution in [3.63, 3.8) is 0 Å². The van der Waals surface area contributed by atoms with Gasteiger partial charge in [-0.25, -0.2) is 0 Å². The Morgan fingerprint density at radius 1 is 0.507 bits per heavy atom. The van der Waals surface area contributed by atoms with Crippen molar-refractivity contribution in [1.82, 2.24) is 5.32 Å². The molecule has 0 aliphatic carbocycles. The van der Waals surface area contributed by atoms with E-state index in [0.717, 1.165) is 64.2 Å². The first kappa shape index (κ1) is 66.8. The van der Waals surface area contributed by atoms with Crippen LogP contribution in [0.1, 0.15) is 213 Å². The van der Waals surface area contributed by atoms with Crippen molar-refractivity contribution in [2.45, 2.75) is 286 Å². The van der Waals surface area contributed by atoms with E-state index in [9.17, 15) is 45.6 Å². The number of nitrogens with one attached hydrogen (secondary N) is 1. The predicted molar refractivity (Wildman–Crippen MR) is 290 cm³/mol.